The number of amides is 1. The van der Waals surface area contributed by atoms with Gasteiger partial charge in [0.15, 0.2) is 5.96 Å². The van der Waals surface area contributed by atoms with E-state index in [2.05, 4.69) is 17.2 Å². The van der Waals surface area contributed by atoms with Crippen LogP contribution in [0.5, 0.6) is 0 Å². The summed E-state index contributed by atoms with van der Waals surface area (Å²) in [4.78, 5) is 19.7. The maximum atomic E-state index is 13.9. The molecule has 138 valence electrons. The third-order valence-electron chi connectivity index (χ3n) is 4.40. The molecule has 0 bridgehead atoms. The van der Waals surface area contributed by atoms with Gasteiger partial charge in [-0.3, -0.25) is 4.79 Å². The smallest absolute Gasteiger partial charge is 0.243 e. The Balaban J connectivity index is 2.22. The fraction of sp³-hybridized carbons (Fsp3) is 0.556. The molecule has 1 aliphatic heterocycles. The predicted octanol–water partition coefficient (Wildman–Crippen LogP) is 2.16. The second-order valence-corrected chi connectivity index (χ2v) is 6.58. The van der Waals surface area contributed by atoms with Crippen molar-refractivity contribution in [1.29, 1.82) is 0 Å². The van der Waals surface area contributed by atoms with Gasteiger partial charge in [-0.15, -0.1) is 0 Å². The Hall–Kier alpha value is -2.18. The summed E-state index contributed by atoms with van der Waals surface area (Å²) in [5, 5.41) is 3.31. The third-order valence-corrected chi connectivity index (χ3v) is 4.40. The minimum atomic E-state index is -0.575. The van der Waals surface area contributed by atoms with Gasteiger partial charge in [0.05, 0.1) is 0 Å². The zero-order valence-corrected chi connectivity index (χ0v) is 15.3. The summed E-state index contributed by atoms with van der Waals surface area (Å²) in [6, 6.07) is 2.48. The molecule has 1 atom stereocenters. The van der Waals surface area contributed by atoms with Crippen LogP contribution in [0.2, 0.25) is 0 Å². The maximum absolute atomic E-state index is 13.9. The Labute approximate surface area is 147 Å². The molecule has 0 radical (unpaired) electrons. The van der Waals surface area contributed by atoms with Crippen molar-refractivity contribution >= 4 is 11.9 Å². The van der Waals surface area contributed by atoms with Gasteiger partial charge >= 0.3 is 0 Å². The van der Waals surface area contributed by atoms with Gasteiger partial charge in [0.25, 0.3) is 0 Å². The van der Waals surface area contributed by atoms with Gasteiger partial charge in [-0.1, -0.05) is 6.92 Å². The van der Waals surface area contributed by atoms with Crippen LogP contribution in [0.25, 0.3) is 0 Å². The zero-order valence-electron chi connectivity index (χ0n) is 15.3. The van der Waals surface area contributed by atoms with Crippen LogP contribution in [0.1, 0.15) is 31.4 Å². The summed E-state index contributed by atoms with van der Waals surface area (Å²) in [7, 11) is 3.37. The number of likely N-dealkylation sites (N-methyl/N-ethyl adjacent to an activating group) is 1. The van der Waals surface area contributed by atoms with Crippen LogP contribution in [0.3, 0.4) is 0 Å². The number of carbonyl (C=O) groups excluding carboxylic acids is 1. The second kappa shape index (κ2) is 8.27. The number of hydrogen-bond donors (Lipinski definition) is 1. The normalized spacial score (nSPS) is 15.6. The largest absolute Gasteiger partial charge is 0.354 e. The SMILES string of the molecule is CCC(C)NC(=NCC(=O)N(C)C)N1CCc2c(F)cc(F)cc2C1. The summed E-state index contributed by atoms with van der Waals surface area (Å²) in [5.41, 5.74) is 1.19. The second-order valence-electron chi connectivity index (χ2n) is 6.58. The lowest BCUT2D eigenvalue weighted by Gasteiger charge is -2.33. The standard InChI is InChI=1S/C18H26F2N4O/c1-5-12(2)22-18(21-10-17(25)23(3)4)24-7-6-15-13(11-24)8-14(19)9-16(15)20/h8-9,12H,5-7,10-11H2,1-4H3,(H,21,22). The molecule has 1 N–H and O–H groups in total. The Bertz CT molecular complexity index is 661. The van der Waals surface area contributed by atoms with Crippen molar-refractivity contribution in [2.45, 2.75) is 39.3 Å². The summed E-state index contributed by atoms with van der Waals surface area (Å²) < 4.78 is 27.4. The first-order valence-electron chi connectivity index (χ1n) is 8.54. The van der Waals surface area contributed by atoms with Crippen LogP contribution in [-0.2, 0) is 17.8 Å². The molecule has 0 aliphatic carbocycles. The average molecular weight is 352 g/mol. The van der Waals surface area contributed by atoms with Gasteiger partial charge in [0.2, 0.25) is 5.91 Å². The Morgan fingerprint density at radius 2 is 2.12 bits per heavy atom. The molecule has 1 amide bonds. The van der Waals surface area contributed by atoms with Crippen LogP contribution in [0.4, 0.5) is 8.78 Å². The topological polar surface area (TPSA) is 47.9 Å². The Morgan fingerprint density at radius 1 is 1.40 bits per heavy atom. The number of nitrogens with zero attached hydrogens (tertiary/aromatic N) is 3. The first-order valence-corrected chi connectivity index (χ1v) is 8.54. The van der Waals surface area contributed by atoms with Gasteiger partial charge in [-0.25, -0.2) is 13.8 Å². The van der Waals surface area contributed by atoms with E-state index < -0.39 is 11.6 Å². The molecular weight excluding hydrogens is 326 g/mol. The van der Waals surface area contributed by atoms with Crippen LogP contribution in [-0.4, -0.2) is 54.9 Å². The molecule has 1 heterocycles. The predicted molar refractivity (Wildman–Crippen MR) is 94.4 cm³/mol. The fourth-order valence-electron chi connectivity index (χ4n) is 2.63. The first-order chi connectivity index (χ1) is 11.8. The van der Waals surface area contributed by atoms with Crippen molar-refractivity contribution in [1.82, 2.24) is 15.1 Å². The molecule has 0 aromatic heterocycles. The highest BCUT2D eigenvalue weighted by Crippen LogP contribution is 2.23. The minimum Gasteiger partial charge on any atom is -0.354 e. The van der Waals surface area contributed by atoms with Gasteiger partial charge < -0.3 is 15.1 Å². The highest BCUT2D eigenvalue weighted by atomic mass is 19.1. The number of rotatable bonds is 4. The number of benzene rings is 1. The van der Waals surface area contributed by atoms with Gasteiger partial charge in [-0.05, 0) is 37.0 Å². The van der Waals surface area contributed by atoms with E-state index >= 15 is 0 Å². The third kappa shape index (κ3) is 4.90. The summed E-state index contributed by atoms with van der Waals surface area (Å²) in [6.45, 7) is 5.04. The molecule has 7 heteroatoms. The number of guanidine groups is 1. The summed E-state index contributed by atoms with van der Waals surface area (Å²) >= 11 is 0. The van der Waals surface area contributed by atoms with Crippen LogP contribution in [0.15, 0.2) is 17.1 Å². The molecule has 1 aromatic carbocycles. The number of nitrogens with one attached hydrogen (secondary N) is 1. The van der Waals surface area contributed by atoms with E-state index in [9.17, 15) is 13.6 Å². The molecule has 2 rings (SSSR count). The van der Waals surface area contributed by atoms with E-state index in [0.29, 0.717) is 36.6 Å². The molecule has 25 heavy (non-hydrogen) atoms. The molecule has 0 saturated heterocycles. The molecule has 0 spiro atoms. The number of halogens is 2. The number of carbonyl (C=O) groups is 1. The fourth-order valence-corrected chi connectivity index (χ4v) is 2.63. The van der Waals surface area contributed by atoms with Crippen molar-refractivity contribution < 1.29 is 13.6 Å². The lowest BCUT2D eigenvalue weighted by molar-refractivity contribution is -0.127. The maximum Gasteiger partial charge on any atom is 0.243 e. The molecular formula is C18H26F2N4O. The number of fused-ring (bicyclic) bond motifs is 1. The van der Waals surface area contributed by atoms with E-state index in [-0.39, 0.29) is 18.5 Å². The van der Waals surface area contributed by atoms with E-state index in [1.54, 1.807) is 14.1 Å². The van der Waals surface area contributed by atoms with E-state index in [4.69, 9.17) is 0 Å². The van der Waals surface area contributed by atoms with Crippen LogP contribution < -0.4 is 5.32 Å². The molecule has 1 aliphatic rings. The highest BCUT2D eigenvalue weighted by Gasteiger charge is 2.23. The summed E-state index contributed by atoms with van der Waals surface area (Å²) in [5.74, 6) is -0.571. The quantitative estimate of drug-likeness (QED) is 0.667. The highest BCUT2D eigenvalue weighted by molar-refractivity contribution is 5.85. The Morgan fingerprint density at radius 3 is 2.76 bits per heavy atom. The van der Waals surface area contributed by atoms with Crippen molar-refractivity contribution in [3.8, 4) is 0 Å². The number of aliphatic imine (C=N–C) groups is 1. The van der Waals surface area contributed by atoms with E-state index in [0.717, 1.165) is 12.5 Å². The minimum absolute atomic E-state index is 0.0344. The lowest BCUT2D eigenvalue weighted by atomic mass is 9.99. The molecule has 1 aromatic rings. The zero-order chi connectivity index (χ0) is 18.6. The first kappa shape index (κ1) is 19.1. The van der Waals surface area contributed by atoms with Crippen LogP contribution >= 0.6 is 0 Å². The van der Waals surface area contributed by atoms with Gasteiger partial charge in [-0.2, -0.15) is 0 Å². The van der Waals surface area contributed by atoms with E-state index in [1.807, 2.05) is 11.8 Å². The Kier molecular flexibility index (Phi) is 6.33. The van der Waals surface area contributed by atoms with Crippen molar-refractivity contribution in [3.63, 3.8) is 0 Å². The van der Waals surface area contributed by atoms with Gasteiger partial charge in [0.1, 0.15) is 18.2 Å². The average Bonchev–Trinajstić information content (AvgIpc) is 2.57. The van der Waals surface area contributed by atoms with Crippen molar-refractivity contribution in [2.24, 2.45) is 4.99 Å². The molecule has 1 unspecified atom stereocenters. The molecule has 0 saturated carbocycles. The monoisotopic (exact) mass is 352 g/mol. The van der Waals surface area contributed by atoms with Gasteiger partial charge in [0, 0.05) is 39.3 Å². The summed E-state index contributed by atoms with van der Waals surface area (Å²) in [6.07, 6.45) is 1.37. The van der Waals surface area contributed by atoms with Crippen LogP contribution in [0, 0.1) is 11.6 Å². The number of hydrogen-bond acceptors (Lipinski definition) is 2. The van der Waals surface area contributed by atoms with Crippen molar-refractivity contribution in [2.75, 3.05) is 27.2 Å². The lowest BCUT2D eigenvalue weighted by Crippen LogP contribution is -2.47. The molecule has 0 fully saturated rings. The molecule has 5 nitrogen and oxygen atoms in total. The van der Waals surface area contributed by atoms with E-state index in [1.165, 1.54) is 11.0 Å². The van der Waals surface area contributed by atoms with Crippen molar-refractivity contribution in [3.05, 3.63) is 34.9 Å².